The number of hydrogen-bond acceptors (Lipinski definition) is 9. The average molecular weight is 455 g/mol. The van der Waals surface area contributed by atoms with Crippen molar-refractivity contribution in [2.45, 2.75) is 4.90 Å². The van der Waals surface area contributed by atoms with Crippen LogP contribution in [0.25, 0.3) is 0 Å². The van der Waals surface area contributed by atoms with E-state index in [-0.39, 0.29) is 21.5 Å². The van der Waals surface area contributed by atoms with Crippen LogP contribution in [0.3, 0.4) is 0 Å². The number of primary sulfonamides is 1. The lowest BCUT2D eigenvalue weighted by molar-refractivity contribution is -0.387. The van der Waals surface area contributed by atoms with E-state index in [1.807, 2.05) is 0 Å². The van der Waals surface area contributed by atoms with Gasteiger partial charge in [0.05, 0.1) is 10.5 Å². The zero-order valence-electron chi connectivity index (χ0n) is 14.6. The van der Waals surface area contributed by atoms with Crippen molar-refractivity contribution in [1.82, 2.24) is 4.98 Å². The lowest BCUT2D eigenvalue weighted by Crippen LogP contribution is -2.14. The Bertz CT molecular complexity index is 1270. The summed E-state index contributed by atoms with van der Waals surface area (Å²) in [5.74, 6) is -3.48. The molecule has 10 nitrogen and oxygen atoms in total. The smallest absolute Gasteiger partial charge is 0.291 e. The average Bonchev–Trinajstić information content (AvgIpc) is 3.00. The van der Waals surface area contributed by atoms with Gasteiger partial charge in [-0.05, 0) is 24.3 Å². The van der Waals surface area contributed by atoms with Crippen molar-refractivity contribution < 1.29 is 26.9 Å². The number of rotatable bonds is 6. The Balaban J connectivity index is 1.96. The summed E-state index contributed by atoms with van der Waals surface area (Å²) in [7, 11) is -4.34. The van der Waals surface area contributed by atoms with Crippen molar-refractivity contribution in [2.75, 3.05) is 11.1 Å². The summed E-state index contributed by atoms with van der Waals surface area (Å²) >= 11 is 0.656. The van der Waals surface area contributed by atoms with Gasteiger partial charge in [-0.25, -0.2) is 27.3 Å². The van der Waals surface area contributed by atoms with E-state index < -0.39 is 48.5 Å². The standard InChI is InChI=1S/C16H11F2N5O5S2/c17-8-2-1-3-9(18)12(8)13(24)14-15(19)22-16(29-14)21-7-4-5-11(30(20,27)28)10(6-7)23(25)26/h1-6H,19H2,(H,21,22)(H2,20,27,28). The molecular formula is C16H11F2N5O5S2. The summed E-state index contributed by atoms with van der Waals surface area (Å²) in [5.41, 5.74) is 4.14. The minimum Gasteiger partial charge on any atom is -0.382 e. The maximum absolute atomic E-state index is 13.9. The molecule has 0 aliphatic carbocycles. The van der Waals surface area contributed by atoms with Gasteiger partial charge in [0.25, 0.3) is 5.69 Å². The van der Waals surface area contributed by atoms with E-state index in [0.717, 1.165) is 30.3 Å². The van der Waals surface area contributed by atoms with Gasteiger partial charge in [-0.1, -0.05) is 17.4 Å². The third-order valence-electron chi connectivity index (χ3n) is 3.76. The molecule has 5 N–H and O–H groups in total. The zero-order valence-corrected chi connectivity index (χ0v) is 16.3. The monoisotopic (exact) mass is 455 g/mol. The highest BCUT2D eigenvalue weighted by Gasteiger charge is 2.26. The van der Waals surface area contributed by atoms with E-state index in [2.05, 4.69) is 10.3 Å². The van der Waals surface area contributed by atoms with E-state index >= 15 is 0 Å². The van der Waals surface area contributed by atoms with E-state index in [1.165, 1.54) is 6.07 Å². The number of nitrogens with one attached hydrogen (secondary N) is 1. The third kappa shape index (κ3) is 4.10. The van der Waals surface area contributed by atoms with Crippen LogP contribution in [0.4, 0.5) is 31.1 Å². The molecule has 156 valence electrons. The number of sulfonamides is 1. The Kier molecular flexibility index (Phi) is 5.47. The van der Waals surface area contributed by atoms with Gasteiger partial charge >= 0.3 is 0 Å². The number of aromatic nitrogens is 1. The molecule has 14 heteroatoms. The number of ketones is 1. The predicted molar refractivity (Wildman–Crippen MR) is 104 cm³/mol. The molecule has 0 amide bonds. The maximum Gasteiger partial charge on any atom is 0.291 e. The summed E-state index contributed by atoms with van der Waals surface area (Å²) in [4.78, 5) is 25.6. The van der Waals surface area contributed by atoms with Crippen molar-refractivity contribution in [2.24, 2.45) is 5.14 Å². The second kappa shape index (κ2) is 7.74. The summed E-state index contributed by atoms with van der Waals surface area (Å²) in [5, 5.41) is 18.7. The van der Waals surface area contributed by atoms with Crippen molar-refractivity contribution in [3.05, 3.63) is 68.6 Å². The van der Waals surface area contributed by atoms with E-state index in [9.17, 15) is 32.1 Å². The van der Waals surface area contributed by atoms with Crippen LogP contribution in [-0.2, 0) is 10.0 Å². The SMILES string of the molecule is Nc1nc(Nc2ccc(S(N)(=O)=O)c([N+](=O)[O-])c2)sc1C(=O)c1c(F)cccc1F. The Labute approximate surface area is 171 Å². The number of halogens is 2. The third-order valence-corrected chi connectivity index (χ3v) is 5.71. The number of nitro benzene ring substituents is 1. The topological polar surface area (TPSA) is 171 Å². The highest BCUT2D eigenvalue weighted by atomic mass is 32.2. The Morgan fingerprint density at radius 2 is 1.83 bits per heavy atom. The summed E-state index contributed by atoms with van der Waals surface area (Å²) in [6.07, 6.45) is 0. The first-order valence-electron chi connectivity index (χ1n) is 7.82. The number of nitrogens with two attached hydrogens (primary N) is 2. The predicted octanol–water partition coefficient (Wildman–Crippen LogP) is 2.53. The van der Waals surface area contributed by atoms with Crippen molar-refractivity contribution in [1.29, 1.82) is 0 Å². The normalized spacial score (nSPS) is 11.3. The number of thiazole rings is 1. The number of benzene rings is 2. The Morgan fingerprint density at radius 1 is 1.20 bits per heavy atom. The summed E-state index contributed by atoms with van der Waals surface area (Å²) < 4.78 is 50.7. The van der Waals surface area contributed by atoms with Crippen LogP contribution >= 0.6 is 11.3 Å². The van der Waals surface area contributed by atoms with E-state index in [1.54, 1.807) is 0 Å². The van der Waals surface area contributed by atoms with Crippen LogP contribution < -0.4 is 16.2 Å². The molecule has 3 rings (SSSR count). The molecular weight excluding hydrogens is 444 g/mol. The fourth-order valence-corrected chi connectivity index (χ4v) is 4.01. The fraction of sp³-hybridized carbons (Fsp3) is 0. The molecule has 2 aromatic carbocycles. The quantitative estimate of drug-likeness (QED) is 0.289. The highest BCUT2D eigenvalue weighted by Crippen LogP contribution is 2.33. The van der Waals surface area contributed by atoms with Crippen LogP contribution in [0.5, 0.6) is 0 Å². The second-order valence-electron chi connectivity index (χ2n) is 5.77. The van der Waals surface area contributed by atoms with Gasteiger partial charge in [0.2, 0.25) is 15.8 Å². The van der Waals surface area contributed by atoms with Gasteiger partial charge in [-0.2, -0.15) is 0 Å². The minimum atomic E-state index is -4.34. The van der Waals surface area contributed by atoms with Crippen LogP contribution in [-0.4, -0.2) is 24.1 Å². The zero-order chi connectivity index (χ0) is 22.2. The number of nitro groups is 1. The molecule has 1 heterocycles. The minimum absolute atomic E-state index is 0.0229. The number of anilines is 3. The molecule has 0 bridgehead atoms. The van der Waals surface area contributed by atoms with Crippen LogP contribution in [0.15, 0.2) is 41.3 Å². The number of nitrogen functional groups attached to an aromatic ring is 1. The number of nitrogens with zero attached hydrogens (tertiary/aromatic N) is 2. The molecule has 0 fully saturated rings. The van der Waals surface area contributed by atoms with E-state index in [4.69, 9.17) is 10.9 Å². The van der Waals surface area contributed by atoms with Gasteiger partial charge in [0, 0.05) is 11.8 Å². The van der Waals surface area contributed by atoms with Gasteiger partial charge < -0.3 is 11.1 Å². The molecule has 30 heavy (non-hydrogen) atoms. The van der Waals surface area contributed by atoms with Gasteiger partial charge in [-0.15, -0.1) is 0 Å². The molecule has 0 aliphatic rings. The molecule has 0 radical (unpaired) electrons. The molecule has 0 atom stereocenters. The molecule has 0 saturated heterocycles. The first-order chi connectivity index (χ1) is 14.0. The van der Waals surface area contributed by atoms with Crippen molar-refractivity contribution in [3.8, 4) is 0 Å². The lowest BCUT2D eigenvalue weighted by atomic mass is 10.1. The number of carbonyl (C=O) groups is 1. The Morgan fingerprint density at radius 3 is 2.40 bits per heavy atom. The van der Waals surface area contributed by atoms with Crippen molar-refractivity contribution in [3.63, 3.8) is 0 Å². The maximum atomic E-state index is 13.9. The highest BCUT2D eigenvalue weighted by molar-refractivity contribution is 7.89. The first kappa shape index (κ1) is 21.2. The summed E-state index contributed by atoms with van der Waals surface area (Å²) in [6.45, 7) is 0. The largest absolute Gasteiger partial charge is 0.382 e. The Hall–Kier alpha value is -3.49. The number of hydrogen-bond donors (Lipinski definition) is 3. The molecule has 1 aromatic heterocycles. The lowest BCUT2D eigenvalue weighted by Gasteiger charge is -2.05. The molecule has 3 aromatic rings. The van der Waals surface area contributed by atoms with Crippen LogP contribution in [0.2, 0.25) is 0 Å². The molecule has 0 spiro atoms. The van der Waals surface area contributed by atoms with E-state index in [0.29, 0.717) is 11.3 Å². The van der Waals surface area contributed by atoms with Gasteiger partial charge in [0.1, 0.15) is 22.3 Å². The second-order valence-corrected chi connectivity index (χ2v) is 8.30. The summed E-state index contributed by atoms with van der Waals surface area (Å²) in [6, 6.07) is 5.94. The fourth-order valence-electron chi connectivity index (χ4n) is 2.48. The van der Waals surface area contributed by atoms with Gasteiger partial charge in [0.15, 0.2) is 10.0 Å². The van der Waals surface area contributed by atoms with Gasteiger partial charge in [-0.3, -0.25) is 14.9 Å². The van der Waals surface area contributed by atoms with Crippen LogP contribution in [0.1, 0.15) is 15.2 Å². The molecule has 0 unspecified atom stereocenters. The first-order valence-corrected chi connectivity index (χ1v) is 10.2. The molecule has 0 aliphatic heterocycles. The van der Waals surface area contributed by atoms with Crippen LogP contribution in [0, 0.1) is 21.7 Å². The van der Waals surface area contributed by atoms with Crippen molar-refractivity contribution >= 4 is 49.5 Å². The molecule has 0 saturated carbocycles. The number of carbonyl (C=O) groups excluding carboxylic acids is 1.